The molecule has 0 aromatic heterocycles. The molecule has 7 heteroatoms. The summed E-state index contributed by atoms with van der Waals surface area (Å²) in [5.41, 5.74) is 1.14. The quantitative estimate of drug-likeness (QED) is 0.694. The number of carbonyl (C=O) groups is 2. The van der Waals surface area contributed by atoms with Crippen LogP contribution >= 0.6 is 23.2 Å². The number of rotatable bonds is 6. The lowest BCUT2D eigenvalue weighted by Crippen LogP contribution is -2.38. The highest BCUT2D eigenvalue weighted by Gasteiger charge is 2.20. The maximum absolute atomic E-state index is 12.7. The Kier molecular flexibility index (Phi) is 7.09. The van der Waals surface area contributed by atoms with Gasteiger partial charge in [-0.2, -0.15) is 0 Å². The summed E-state index contributed by atoms with van der Waals surface area (Å²) in [7, 11) is 0. The van der Waals surface area contributed by atoms with Gasteiger partial charge in [0, 0.05) is 18.2 Å². The third-order valence-corrected chi connectivity index (χ3v) is 4.84. The van der Waals surface area contributed by atoms with Crippen LogP contribution in [-0.2, 0) is 9.53 Å². The monoisotopic (exact) mass is 418 g/mol. The van der Waals surface area contributed by atoms with Crippen molar-refractivity contribution in [1.82, 2.24) is 10.6 Å². The molecule has 0 saturated carbocycles. The normalized spacial score (nSPS) is 16.6. The van der Waals surface area contributed by atoms with Gasteiger partial charge in [-0.1, -0.05) is 53.5 Å². The van der Waals surface area contributed by atoms with Crippen molar-refractivity contribution in [2.75, 3.05) is 13.2 Å². The van der Waals surface area contributed by atoms with Crippen molar-refractivity contribution >= 4 is 41.1 Å². The summed E-state index contributed by atoms with van der Waals surface area (Å²) >= 11 is 12.0. The van der Waals surface area contributed by atoms with Crippen LogP contribution in [0, 0.1) is 0 Å². The highest BCUT2D eigenvalue weighted by Crippen LogP contribution is 2.21. The zero-order valence-corrected chi connectivity index (χ0v) is 16.6. The average Bonchev–Trinajstić information content (AvgIpc) is 3.20. The number of carbonyl (C=O) groups excluding carboxylic acids is 2. The predicted octanol–water partition coefficient (Wildman–Crippen LogP) is 4.06. The Balaban J connectivity index is 1.78. The van der Waals surface area contributed by atoms with Crippen molar-refractivity contribution in [1.29, 1.82) is 0 Å². The Hall–Kier alpha value is -2.34. The first-order valence-electron chi connectivity index (χ1n) is 8.96. The molecular formula is C21H20Cl2N2O3. The molecule has 1 saturated heterocycles. The number of amides is 2. The molecule has 28 heavy (non-hydrogen) atoms. The van der Waals surface area contributed by atoms with Crippen LogP contribution < -0.4 is 10.6 Å². The highest BCUT2D eigenvalue weighted by atomic mass is 35.5. The van der Waals surface area contributed by atoms with E-state index >= 15 is 0 Å². The van der Waals surface area contributed by atoms with E-state index in [1.165, 1.54) is 12.1 Å². The summed E-state index contributed by atoms with van der Waals surface area (Å²) in [5, 5.41) is 6.12. The van der Waals surface area contributed by atoms with Crippen LogP contribution in [0.4, 0.5) is 0 Å². The second-order valence-electron chi connectivity index (χ2n) is 6.39. The van der Waals surface area contributed by atoms with E-state index in [-0.39, 0.29) is 22.4 Å². The minimum absolute atomic E-state index is 0.00309. The number of nitrogens with one attached hydrogen (secondary N) is 2. The van der Waals surface area contributed by atoms with Gasteiger partial charge in [-0.15, -0.1) is 0 Å². The number of halogens is 2. The van der Waals surface area contributed by atoms with Gasteiger partial charge in [-0.25, -0.2) is 0 Å². The molecule has 1 heterocycles. The molecule has 1 fully saturated rings. The van der Waals surface area contributed by atoms with Crippen LogP contribution in [0.1, 0.15) is 28.8 Å². The van der Waals surface area contributed by atoms with E-state index in [0.717, 1.165) is 18.4 Å². The fraction of sp³-hybridized carbons (Fsp3) is 0.238. The third-order valence-electron chi connectivity index (χ3n) is 4.29. The van der Waals surface area contributed by atoms with Crippen molar-refractivity contribution in [2.24, 2.45) is 0 Å². The first kappa shape index (κ1) is 20.4. The van der Waals surface area contributed by atoms with E-state index in [1.807, 2.05) is 30.3 Å². The molecule has 2 aromatic rings. The fourth-order valence-electron chi connectivity index (χ4n) is 2.84. The number of hydrogen-bond donors (Lipinski definition) is 2. The second-order valence-corrected chi connectivity index (χ2v) is 7.24. The number of benzene rings is 2. The van der Waals surface area contributed by atoms with Crippen molar-refractivity contribution in [3.05, 3.63) is 75.4 Å². The number of ether oxygens (including phenoxy) is 1. The predicted molar refractivity (Wildman–Crippen MR) is 110 cm³/mol. The fourth-order valence-corrected chi connectivity index (χ4v) is 3.34. The van der Waals surface area contributed by atoms with Crippen LogP contribution in [0.3, 0.4) is 0 Å². The molecular weight excluding hydrogens is 399 g/mol. The van der Waals surface area contributed by atoms with Gasteiger partial charge in [0.2, 0.25) is 0 Å². The van der Waals surface area contributed by atoms with Crippen molar-refractivity contribution in [3.63, 3.8) is 0 Å². The number of hydrogen-bond acceptors (Lipinski definition) is 3. The Morgan fingerprint density at radius 1 is 1.14 bits per heavy atom. The zero-order chi connectivity index (χ0) is 19.9. The second kappa shape index (κ2) is 9.73. The zero-order valence-electron chi connectivity index (χ0n) is 15.1. The van der Waals surface area contributed by atoms with Crippen LogP contribution in [0.25, 0.3) is 6.08 Å². The van der Waals surface area contributed by atoms with Crippen LogP contribution in [0.15, 0.2) is 54.2 Å². The average molecular weight is 419 g/mol. The molecule has 0 unspecified atom stereocenters. The third kappa shape index (κ3) is 5.58. The maximum Gasteiger partial charge on any atom is 0.267 e. The summed E-state index contributed by atoms with van der Waals surface area (Å²) in [4.78, 5) is 25.4. The molecule has 2 N–H and O–H groups in total. The van der Waals surface area contributed by atoms with Gasteiger partial charge in [-0.3, -0.25) is 9.59 Å². The molecule has 5 nitrogen and oxygen atoms in total. The molecule has 0 radical (unpaired) electrons. The topological polar surface area (TPSA) is 67.4 Å². The Morgan fingerprint density at radius 2 is 1.93 bits per heavy atom. The van der Waals surface area contributed by atoms with Gasteiger partial charge in [0.15, 0.2) is 0 Å². The molecule has 2 aromatic carbocycles. The first-order valence-corrected chi connectivity index (χ1v) is 9.71. The Morgan fingerprint density at radius 3 is 2.61 bits per heavy atom. The molecule has 3 rings (SSSR count). The van der Waals surface area contributed by atoms with Crippen LogP contribution in [-0.4, -0.2) is 31.1 Å². The first-order chi connectivity index (χ1) is 13.5. The maximum atomic E-state index is 12.7. The van der Waals surface area contributed by atoms with Crippen molar-refractivity contribution in [2.45, 2.75) is 18.9 Å². The standard InChI is InChI=1S/C21H20Cl2N2O3/c22-15-8-9-17(18(23)12-15)20(26)25-19(11-14-5-2-1-3-6-14)21(27)24-13-16-7-4-10-28-16/h1-3,5-6,8-9,11-12,16H,4,7,10,13H2,(H,24,27)(H,25,26)/b19-11-/t16-/m1/s1. The smallest absolute Gasteiger partial charge is 0.267 e. The SMILES string of the molecule is O=C(NC[C@H]1CCCO1)/C(=C/c1ccccc1)NC(=O)c1ccc(Cl)cc1Cl. The largest absolute Gasteiger partial charge is 0.376 e. The molecule has 0 spiro atoms. The van der Waals surface area contributed by atoms with E-state index in [2.05, 4.69) is 10.6 Å². The summed E-state index contributed by atoms with van der Waals surface area (Å²) in [6.45, 7) is 1.10. The van der Waals surface area contributed by atoms with E-state index in [4.69, 9.17) is 27.9 Å². The van der Waals surface area contributed by atoms with Gasteiger partial charge in [-0.05, 0) is 42.7 Å². The van der Waals surface area contributed by atoms with Gasteiger partial charge >= 0.3 is 0 Å². The summed E-state index contributed by atoms with van der Waals surface area (Å²) in [5.74, 6) is -0.881. The molecule has 0 bridgehead atoms. The molecule has 0 aliphatic carbocycles. The minimum Gasteiger partial charge on any atom is -0.376 e. The molecule has 146 valence electrons. The van der Waals surface area contributed by atoms with Gasteiger partial charge in [0.25, 0.3) is 11.8 Å². The van der Waals surface area contributed by atoms with Crippen molar-refractivity contribution < 1.29 is 14.3 Å². The van der Waals surface area contributed by atoms with Gasteiger partial charge < -0.3 is 15.4 Å². The highest BCUT2D eigenvalue weighted by molar-refractivity contribution is 6.36. The summed E-state index contributed by atoms with van der Waals surface area (Å²) in [6.07, 6.45) is 3.51. The van der Waals surface area contributed by atoms with E-state index in [1.54, 1.807) is 12.1 Å². The Labute approximate surface area is 173 Å². The molecule has 1 aliphatic rings. The Bertz CT molecular complexity index is 878. The molecule has 1 atom stereocenters. The lowest BCUT2D eigenvalue weighted by molar-refractivity contribution is -0.118. The van der Waals surface area contributed by atoms with Gasteiger partial charge in [0.1, 0.15) is 5.70 Å². The summed E-state index contributed by atoms with van der Waals surface area (Å²) < 4.78 is 5.53. The summed E-state index contributed by atoms with van der Waals surface area (Å²) in [6, 6.07) is 13.8. The van der Waals surface area contributed by atoms with Crippen LogP contribution in [0.5, 0.6) is 0 Å². The van der Waals surface area contributed by atoms with E-state index in [9.17, 15) is 9.59 Å². The van der Waals surface area contributed by atoms with E-state index in [0.29, 0.717) is 18.2 Å². The van der Waals surface area contributed by atoms with Gasteiger partial charge in [0.05, 0.1) is 16.7 Å². The molecule has 2 amide bonds. The van der Waals surface area contributed by atoms with Crippen LogP contribution in [0.2, 0.25) is 10.0 Å². The molecule has 1 aliphatic heterocycles. The van der Waals surface area contributed by atoms with Crippen molar-refractivity contribution in [3.8, 4) is 0 Å². The lowest BCUT2D eigenvalue weighted by atomic mass is 10.1. The lowest BCUT2D eigenvalue weighted by Gasteiger charge is -2.14. The minimum atomic E-state index is -0.490. The van der Waals surface area contributed by atoms with E-state index < -0.39 is 11.8 Å².